The molecule has 1 aromatic rings. The molecule has 0 spiro atoms. The number of benzene rings is 1. The van der Waals surface area contributed by atoms with Crippen molar-refractivity contribution < 1.29 is 9.59 Å². The molecular formula is C13H10N2O2S. The second kappa shape index (κ2) is 5.07. The molecule has 0 atom stereocenters. The number of hydrogen-bond acceptors (Lipinski definition) is 4. The van der Waals surface area contributed by atoms with Crippen LogP contribution in [0.5, 0.6) is 0 Å². The van der Waals surface area contributed by atoms with Gasteiger partial charge in [0, 0.05) is 0 Å². The Balaban J connectivity index is 2.25. The van der Waals surface area contributed by atoms with Gasteiger partial charge in [-0.25, -0.2) is 0 Å². The molecule has 2 amide bonds. The molecule has 0 N–H and O–H groups in total. The third kappa shape index (κ3) is 2.44. The Morgan fingerprint density at radius 3 is 2.61 bits per heavy atom. The molecule has 90 valence electrons. The minimum absolute atomic E-state index is 0.199. The summed E-state index contributed by atoms with van der Waals surface area (Å²) in [6.45, 7) is 1.78. The zero-order valence-electron chi connectivity index (χ0n) is 9.71. The van der Waals surface area contributed by atoms with Crippen LogP contribution in [0.3, 0.4) is 0 Å². The fourth-order valence-electron chi connectivity index (χ4n) is 1.52. The predicted molar refractivity (Wildman–Crippen MR) is 69.5 cm³/mol. The quantitative estimate of drug-likeness (QED) is 0.604. The number of carbonyl (C=O) groups is 2. The van der Waals surface area contributed by atoms with E-state index in [-0.39, 0.29) is 11.8 Å². The van der Waals surface area contributed by atoms with Crippen molar-refractivity contribution in [3.05, 3.63) is 40.3 Å². The van der Waals surface area contributed by atoms with Gasteiger partial charge in [-0.2, -0.15) is 5.26 Å². The van der Waals surface area contributed by atoms with Gasteiger partial charge in [0.05, 0.1) is 11.0 Å². The summed E-state index contributed by atoms with van der Waals surface area (Å²) >= 11 is 0.868. The third-order valence-corrected chi connectivity index (χ3v) is 3.38. The van der Waals surface area contributed by atoms with E-state index < -0.39 is 5.91 Å². The zero-order chi connectivity index (χ0) is 13.1. The maximum atomic E-state index is 11.8. The number of aryl methyl sites for hydroxylation is 1. The first-order chi connectivity index (χ1) is 8.61. The van der Waals surface area contributed by atoms with Crippen LogP contribution in [0.15, 0.2) is 29.2 Å². The molecular weight excluding hydrogens is 248 g/mol. The lowest BCUT2D eigenvalue weighted by Gasteiger charge is -2.05. The Morgan fingerprint density at radius 1 is 1.33 bits per heavy atom. The van der Waals surface area contributed by atoms with Crippen LogP contribution >= 0.6 is 11.8 Å². The van der Waals surface area contributed by atoms with Crippen molar-refractivity contribution >= 4 is 29.0 Å². The number of thioether (sulfide) groups is 1. The lowest BCUT2D eigenvalue weighted by Crippen LogP contribution is -2.28. The number of amides is 2. The van der Waals surface area contributed by atoms with E-state index in [0.717, 1.165) is 27.8 Å². The van der Waals surface area contributed by atoms with Crippen LogP contribution in [0.25, 0.3) is 6.08 Å². The minimum atomic E-state index is -0.396. The second-order valence-electron chi connectivity index (χ2n) is 3.84. The van der Waals surface area contributed by atoms with Crippen LogP contribution in [-0.2, 0) is 4.79 Å². The maximum absolute atomic E-state index is 11.8. The highest BCUT2D eigenvalue weighted by Crippen LogP contribution is 2.31. The molecule has 5 heteroatoms. The van der Waals surface area contributed by atoms with Gasteiger partial charge in [0.2, 0.25) is 0 Å². The number of carbonyl (C=O) groups excluding carboxylic acids is 2. The van der Waals surface area contributed by atoms with Gasteiger partial charge in [-0.05, 0) is 30.3 Å². The lowest BCUT2D eigenvalue weighted by atomic mass is 10.1. The van der Waals surface area contributed by atoms with Crippen molar-refractivity contribution in [1.82, 2.24) is 4.90 Å². The van der Waals surface area contributed by atoms with E-state index in [1.807, 2.05) is 31.2 Å². The van der Waals surface area contributed by atoms with E-state index in [0.29, 0.717) is 4.91 Å². The fraction of sp³-hybridized carbons (Fsp3) is 0.154. The van der Waals surface area contributed by atoms with Crippen LogP contribution in [0.1, 0.15) is 11.1 Å². The maximum Gasteiger partial charge on any atom is 0.294 e. The van der Waals surface area contributed by atoms with Crippen molar-refractivity contribution in [1.29, 1.82) is 5.26 Å². The van der Waals surface area contributed by atoms with Crippen molar-refractivity contribution in [3.8, 4) is 6.07 Å². The number of imide groups is 1. The number of nitriles is 1. The Kier molecular flexibility index (Phi) is 3.49. The summed E-state index contributed by atoms with van der Waals surface area (Å²) in [6, 6.07) is 9.44. The molecule has 0 radical (unpaired) electrons. The molecule has 2 rings (SSSR count). The van der Waals surface area contributed by atoms with E-state index in [4.69, 9.17) is 5.26 Å². The SMILES string of the molecule is Cc1ccc(/C=C2\SC(=O)N(CC#N)C2=O)cc1. The van der Waals surface area contributed by atoms with Gasteiger partial charge < -0.3 is 0 Å². The van der Waals surface area contributed by atoms with Crippen molar-refractivity contribution in [2.24, 2.45) is 0 Å². The van der Waals surface area contributed by atoms with Gasteiger partial charge >= 0.3 is 0 Å². The van der Waals surface area contributed by atoms with Crippen LogP contribution in [-0.4, -0.2) is 22.6 Å². The van der Waals surface area contributed by atoms with E-state index >= 15 is 0 Å². The largest absolute Gasteiger partial charge is 0.294 e. The molecule has 4 nitrogen and oxygen atoms in total. The van der Waals surface area contributed by atoms with Gasteiger partial charge in [-0.3, -0.25) is 14.5 Å². The molecule has 1 aliphatic rings. The smallest absolute Gasteiger partial charge is 0.268 e. The summed E-state index contributed by atoms with van der Waals surface area (Å²) < 4.78 is 0. The molecule has 1 aromatic carbocycles. The number of hydrogen-bond donors (Lipinski definition) is 0. The van der Waals surface area contributed by atoms with Crippen molar-refractivity contribution in [2.75, 3.05) is 6.54 Å². The average molecular weight is 258 g/mol. The standard InChI is InChI=1S/C13H10N2O2S/c1-9-2-4-10(5-3-9)8-11-12(16)15(7-6-14)13(17)18-11/h2-5,8H,7H2,1H3/b11-8-. The Hall–Kier alpha value is -2.06. The molecule has 1 aliphatic heterocycles. The summed E-state index contributed by atoms with van der Waals surface area (Å²) in [4.78, 5) is 24.7. The third-order valence-electron chi connectivity index (χ3n) is 2.48. The first-order valence-electron chi connectivity index (χ1n) is 5.31. The first-order valence-corrected chi connectivity index (χ1v) is 6.12. The Labute approximate surface area is 109 Å². The second-order valence-corrected chi connectivity index (χ2v) is 4.83. The molecule has 0 bridgehead atoms. The summed E-state index contributed by atoms with van der Waals surface area (Å²) in [5.74, 6) is -0.396. The number of nitrogens with zero attached hydrogens (tertiary/aromatic N) is 2. The van der Waals surface area contributed by atoms with Gasteiger partial charge in [0.1, 0.15) is 6.54 Å². The molecule has 0 saturated carbocycles. The van der Waals surface area contributed by atoms with E-state index in [1.54, 1.807) is 12.1 Å². The summed E-state index contributed by atoms with van der Waals surface area (Å²) in [6.07, 6.45) is 1.67. The number of rotatable bonds is 2. The average Bonchev–Trinajstić information content (AvgIpc) is 2.60. The predicted octanol–water partition coefficient (Wildman–Crippen LogP) is 2.55. The van der Waals surface area contributed by atoms with E-state index in [2.05, 4.69) is 0 Å². The van der Waals surface area contributed by atoms with E-state index in [1.165, 1.54) is 0 Å². The topological polar surface area (TPSA) is 61.2 Å². The van der Waals surface area contributed by atoms with Crippen molar-refractivity contribution in [2.45, 2.75) is 6.92 Å². The highest BCUT2D eigenvalue weighted by Gasteiger charge is 2.34. The molecule has 18 heavy (non-hydrogen) atoms. The molecule has 0 aromatic heterocycles. The van der Waals surface area contributed by atoms with Crippen LogP contribution in [0.4, 0.5) is 4.79 Å². The summed E-state index contributed by atoms with van der Waals surface area (Å²) in [5.41, 5.74) is 1.99. The van der Waals surface area contributed by atoms with Gasteiger partial charge in [-0.15, -0.1) is 0 Å². The summed E-state index contributed by atoms with van der Waals surface area (Å²) in [7, 11) is 0. The highest BCUT2D eigenvalue weighted by atomic mass is 32.2. The van der Waals surface area contributed by atoms with Gasteiger partial charge in [-0.1, -0.05) is 29.8 Å². The monoisotopic (exact) mass is 258 g/mol. The normalized spacial score (nSPS) is 17.3. The lowest BCUT2D eigenvalue weighted by molar-refractivity contribution is -0.122. The first kappa shape index (κ1) is 12.4. The fourth-order valence-corrected chi connectivity index (χ4v) is 2.36. The molecule has 1 heterocycles. The minimum Gasteiger partial charge on any atom is -0.268 e. The van der Waals surface area contributed by atoms with Crippen LogP contribution in [0, 0.1) is 18.3 Å². The molecule has 1 saturated heterocycles. The van der Waals surface area contributed by atoms with E-state index in [9.17, 15) is 9.59 Å². The molecule has 0 aliphatic carbocycles. The zero-order valence-corrected chi connectivity index (χ0v) is 10.5. The van der Waals surface area contributed by atoms with Gasteiger partial charge in [0.15, 0.2) is 0 Å². The van der Waals surface area contributed by atoms with Crippen LogP contribution in [0.2, 0.25) is 0 Å². The van der Waals surface area contributed by atoms with Gasteiger partial charge in [0.25, 0.3) is 11.1 Å². The Bertz CT molecular complexity index is 570. The summed E-state index contributed by atoms with van der Waals surface area (Å²) in [5, 5.41) is 8.15. The molecule has 0 unspecified atom stereocenters. The highest BCUT2D eigenvalue weighted by molar-refractivity contribution is 8.18. The van der Waals surface area contributed by atoms with Crippen molar-refractivity contribution in [3.63, 3.8) is 0 Å². The molecule has 1 fully saturated rings. The Morgan fingerprint density at radius 2 is 2.00 bits per heavy atom. The van der Waals surface area contributed by atoms with Crippen LogP contribution < -0.4 is 0 Å².